The molecule has 7 rings (SSSR count). The van der Waals surface area contributed by atoms with Crippen LogP contribution >= 0.6 is 34.0 Å². The van der Waals surface area contributed by atoms with Crippen molar-refractivity contribution >= 4 is 34.0 Å². The monoisotopic (exact) mass is 804 g/mol. The first-order valence-corrected chi connectivity index (χ1v) is 24.5. The molecule has 0 bridgehead atoms. The molecule has 0 fully saturated rings. The number of benzene rings is 4. The van der Waals surface area contributed by atoms with Crippen LogP contribution in [-0.4, -0.2) is 0 Å². The SMILES string of the molecule is CCCCCCc1ccc(-c2ccsc2-c2cc(-c3sccc3-c3ccc(CCCCCC)cc3)cc(-c3sccc3-c3ccc(CCCCCC)cc3)c2)cc1. The molecule has 3 heterocycles. The van der Waals surface area contributed by atoms with Crippen LogP contribution in [0.3, 0.4) is 0 Å². The molecule has 0 N–H and O–H groups in total. The van der Waals surface area contributed by atoms with Gasteiger partial charge in [0.25, 0.3) is 0 Å². The van der Waals surface area contributed by atoms with Crippen LogP contribution < -0.4 is 0 Å². The van der Waals surface area contributed by atoms with Gasteiger partial charge in [-0.05, 0) is 141 Å². The third kappa shape index (κ3) is 10.7. The van der Waals surface area contributed by atoms with Gasteiger partial charge in [0.15, 0.2) is 0 Å². The van der Waals surface area contributed by atoms with E-state index in [9.17, 15) is 0 Å². The molecule has 0 amide bonds. The first-order valence-electron chi connectivity index (χ1n) is 21.8. The summed E-state index contributed by atoms with van der Waals surface area (Å²) in [5.74, 6) is 0. The molecule has 0 aliphatic carbocycles. The minimum absolute atomic E-state index is 1.16. The normalized spacial score (nSPS) is 11.4. The maximum absolute atomic E-state index is 2.46. The summed E-state index contributed by atoms with van der Waals surface area (Å²) in [7, 11) is 0. The van der Waals surface area contributed by atoms with E-state index in [1.807, 2.05) is 34.0 Å². The van der Waals surface area contributed by atoms with E-state index in [4.69, 9.17) is 0 Å². The Morgan fingerprint density at radius 3 is 0.842 bits per heavy atom. The highest BCUT2D eigenvalue weighted by Crippen LogP contribution is 2.46. The molecule has 0 saturated carbocycles. The summed E-state index contributed by atoms with van der Waals surface area (Å²) in [6.45, 7) is 6.86. The Hall–Kier alpha value is -4.02. The van der Waals surface area contributed by atoms with E-state index < -0.39 is 0 Å². The Balaban J connectivity index is 1.24. The lowest BCUT2D eigenvalue weighted by Gasteiger charge is -2.13. The van der Waals surface area contributed by atoms with Crippen LogP contribution in [0.1, 0.15) is 115 Å². The van der Waals surface area contributed by atoms with Gasteiger partial charge in [0.05, 0.1) is 0 Å². The molecule has 0 radical (unpaired) electrons. The lowest BCUT2D eigenvalue weighted by atomic mass is 9.94. The van der Waals surface area contributed by atoms with Gasteiger partial charge < -0.3 is 0 Å². The Kier molecular flexibility index (Phi) is 15.2. The molecule has 0 aliphatic rings. The smallest absolute Gasteiger partial charge is 0.0421 e. The van der Waals surface area contributed by atoms with E-state index in [1.165, 1.54) is 158 Å². The van der Waals surface area contributed by atoms with Gasteiger partial charge in [0.1, 0.15) is 0 Å². The van der Waals surface area contributed by atoms with Crippen molar-refractivity contribution in [3.8, 4) is 64.7 Å². The number of aryl methyl sites for hydroxylation is 3. The Morgan fingerprint density at radius 1 is 0.298 bits per heavy atom. The standard InChI is InChI=1S/C54H60S3/c1-4-7-10-13-16-40-19-25-43(26-20-40)49-31-34-55-52(49)46-37-47(53-50(32-35-56-53)44-27-21-41(22-28-44)17-14-11-8-5-2)39-48(38-46)54-51(33-36-57-54)45-29-23-42(24-30-45)18-15-12-9-6-3/h19-39H,4-18H2,1-3H3. The van der Waals surface area contributed by atoms with E-state index in [-0.39, 0.29) is 0 Å². The van der Waals surface area contributed by atoms with E-state index in [0.717, 1.165) is 19.3 Å². The predicted octanol–water partition coefficient (Wildman–Crippen LogP) is 18.2. The molecule has 0 aliphatic heterocycles. The van der Waals surface area contributed by atoms with Crippen LogP contribution in [-0.2, 0) is 19.3 Å². The molecular weight excluding hydrogens is 745 g/mol. The summed E-state index contributed by atoms with van der Waals surface area (Å²) >= 11 is 5.59. The molecule has 3 heteroatoms. The van der Waals surface area contributed by atoms with E-state index in [1.54, 1.807) is 0 Å². The second kappa shape index (κ2) is 21.1. The fourth-order valence-corrected chi connectivity index (χ4v) is 10.8. The molecule has 4 aromatic carbocycles. The average Bonchev–Trinajstić information content (AvgIpc) is 4.06. The summed E-state index contributed by atoms with van der Waals surface area (Å²) < 4.78 is 0. The molecule has 294 valence electrons. The van der Waals surface area contributed by atoms with Gasteiger partial charge in [-0.3, -0.25) is 0 Å². The van der Waals surface area contributed by atoms with Crippen molar-refractivity contribution in [3.63, 3.8) is 0 Å². The molecule has 0 atom stereocenters. The molecule has 3 aromatic heterocycles. The number of hydrogen-bond acceptors (Lipinski definition) is 3. The van der Waals surface area contributed by atoms with Crippen LogP contribution in [0, 0.1) is 0 Å². The largest absolute Gasteiger partial charge is 0.143 e. The summed E-state index contributed by atoms with van der Waals surface area (Å²) in [6, 6.07) is 42.6. The lowest BCUT2D eigenvalue weighted by molar-refractivity contribution is 0.667. The number of thiophene rings is 3. The molecule has 57 heavy (non-hydrogen) atoms. The van der Waals surface area contributed by atoms with Crippen LogP contribution in [0.5, 0.6) is 0 Å². The first-order chi connectivity index (χ1) is 28.1. The van der Waals surface area contributed by atoms with Crippen molar-refractivity contribution in [3.05, 3.63) is 142 Å². The number of unbranched alkanes of at least 4 members (excludes halogenated alkanes) is 9. The minimum Gasteiger partial charge on any atom is -0.143 e. The average molecular weight is 805 g/mol. The van der Waals surface area contributed by atoms with Crippen molar-refractivity contribution in [1.82, 2.24) is 0 Å². The van der Waals surface area contributed by atoms with Crippen LogP contribution in [0.4, 0.5) is 0 Å². The van der Waals surface area contributed by atoms with Crippen molar-refractivity contribution in [2.45, 2.75) is 117 Å². The van der Waals surface area contributed by atoms with Crippen molar-refractivity contribution in [1.29, 1.82) is 0 Å². The van der Waals surface area contributed by atoms with Gasteiger partial charge in [-0.2, -0.15) is 0 Å². The predicted molar refractivity (Wildman–Crippen MR) is 256 cm³/mol. The maximum Gasteiger partial charge on any atom is 0.0421 e. The molecule has 0 saturated heterocycles. The second-order valence-corrected chi connectivity index (χ2v) is 18.6. The van der Waals surface area contributed by atoms with Gasteiger partial charge in [0.2, 0.25) is 0 Å². The van der Waals surface area contributed by atoms with Crippen molar-refractivity contribution < 1.29 is 0 Å². The van der Waals surface area contributed by atoms with Gasteiger partial charge in [-0.1, -0.05) is 151 Å². The first kappa shape index (κ1) is 41.2. The van der Waals surface area contributed by atoms with Crippen molar-refractivity contribution in [2.75, 3.05) is 0 Å². The van der Waals surface area contributed by atoms with Crippen LogP contribution in [0.25, 0.3) is 64.7 Å². The zero-order chi connectivity index (χ0) is 39.2. The van der Waals surface area contributed by atoms with E-state index in [0.29, 0.717) is 0 Å². The summed E-state index contributed by atoms with van der Waals surface area (Å²) in [5, 5.41) is 6.82. The highest BCUT2D eigenvalue weighted by Gasteiger charge is 2.18. The third-order valence-corrected chi connectivity index (χ3v) is 14.4. The van der Waals surface area contributed by atoms with Crippen molar-refractivity contribution in [2.24, 2.45) is 0 Å². The van der Waals surface area contributed by atoms with Gasteiger partial charge in [0, 0.05) is 31.3 Å². The number of rotatable bonds is 21. The second-order valence-electron chi connectivity index (χ2n) is 15.8. The van der Waals surface area contributed by atoms with Gasteiger partial charge in [-0.15, -0.1) is 34.0 Å². The Bertz CT molecular complexity index is 1970. The Labute approximate surface area is 355 Å². The fraction of sp³-hybridized carbons (Fsp3) is 0.333. The topological polar surface area (TPSA) is 0 Å². The fourth-order valence-electron chi connectivity index (χ4n) is 8.12. The molecule has 7 aromatic rings. The zero-order valence-electron chi connectivity index (χ0n) is 34.5. The Morgan fingerprint density at radius 2 is 0.579 bits per heavy atom. The maximum atomic E-state index is 2.46. The van der Waals surface area contributed by atoms with E-state index in [2.05, 4.69) is 146 Å². The van der Waals surface area contributed by atoms with Crippen LogP contribution in [0.15, 0.2) is 125 Å². The summed E-state index contributed by atoms with van der Waals surface area (Å²) in [6.07, 6.45) is 19.1. The minimum atomic E-state index is 1.16. The highest BCUT2D eigenvalue weighted by molar-refractivity contribution is 7.15. The van der Waals surface area contributed by atoms with E-state index >= 15 is 0 Å². The highest BCUT2D eigenvalue weighted by atomic mass is 32.1. The zero-order valence-corrected chi connectivity index (χ0v) is 36.9. The molecule has 0 nitrogen and oxygen atoms in total. The van der Waals surface area contributed by atoms with Crippen LogP contribution in [0.2, 0.25) is 0 Å². The van der Waals surface area contributed by atoms with Gasteiger partial charge in [-0.25, -0.2) is 0 Å². The molecular formula is C54H60S3. The quantitative estimate of drug-likeness (QED) is 0.0635. The lowest BCUT2D eigenvalue weighted by Crippen LogP contribution is -1.89. The molecule has 0 spiro atoms. The third-order valence-electron chi connectivity index (χ3n) is 11.5. The number of hydrogen-bond donors (Lipinski definition) is 0. The van der Waals surface area contributed by atoms with Gasteiger partial charge >= 0.3 is 0 Å². The molecule has 0 unspecified atom stereocenters. The summed E-state index contributed by atoms with van der Waals surface area (Å²) in [5.41, 5.74) is 16.1. The summed E-state index contributed by atoms with van der Waals surface area (Å²) in [4.78, 5) is 4.01.